The van der Waals surface area contributed by atoms with E-state index in [0.717, 1.165) is 11.3 Å². The second-order valence-electron chi connectivity index (χ2n) is 4.88. The van der Waals surface area contributed by atoms with Gasteiger partial charge in [-0.3, -0.25) is 0 Å². The van der Waals surface area contributed by atoms with Gasteiger partial charge in [-0.1, -0.05) is 32.0 Å². The van der Waals surface area contributed by atoms with Crippen LogP contribution in [0.4, 0.5) is 10.1 Å². The molecule has 0 amide bonds. The zero-order valence-corrected chi connectivity index (χ0v) is 12.7. The Morgan fingerprint density at radius 1 is 1.16 bits per heavy atom. The lowest BCUT2D eigenvalue weighted by Crippen LogP contribution is -2.00. The van der Waals surface area contributed by atoms with Gasteiger partial charge in [0.25, 0.3) is 0 Å². The Morgan fingerprint density at radius 2 is 1.95 bits per heavy atom. The number of rotatable bonds is 4. The Bertz CT molecular complexity index is 566. The minimum Gasteiger partial charge on any atom is -0.381 e. The Morgan fingerprint density at radius 3 is 2.63 bits per heavy atom. The molecule has 1 N–H and O–H groups in total. The average molecular weight is 322 g/mol. The fraction of sp³-hybridized carbons (Fsp3) is 0.250. The molecule has 2 rings (SSSR count). The predicted molar refractivity (Wildman–Crippen MR) is 82.0 cm³/mol. The molecule has 2 aromatic rings. The summed E-state index contributed by atoms with van der Waals surface area (Å²) in [7, 11) is 0. The lowest BCUT2D eigenvalue weighted by molar-refractivity contribution is 0.619. The lowest BCUT2D eigenvalue weighted by Gasteiger charge is -2.10. The molecule has 0 spiro atoms. The quantitative estimate of drug-likeness (QED) is 0.803. The van der Waals surface area contributed by atoms with Crippen molar-refractivity contribution < 1.29 is 4.39 Å². The number of nitrogens with one attached hydrogen (secondary N) is 1. The molecule has 1 nitrogen and oxygen atoms in total. The maximum absolute atomic E-state index is 13.4. The third-order valence-electron chi connectivity index (χ3n) is 3.03. The summed E-state index contributed by atoms with van der Waals surface area (Å²) in [4.78, 5) is 0. The Hall–Kier alpha value is -1.35. The summed E-state index contributed by atoms with van der Waals surface area (Å²) >= 11 is 3.16. The molecule has 0 saturated heterocycles. The molecule has 100 valence electrons. The molecule has 3 heteroatoms. The highest BCUT2D eigenvalue weighted by Crippen LogP contribution is 2.20. The van der Waals surface area contributed by atoms with Crippen LogP contribution in [0.1, 0.15) is 30.9 Å². The first-order valence-corrected chi connectivity index (χ1v) is 7.13. The van der Waals surface area contributed by atoms with Gasteiger partial charge in [0.15, 0.2) is 0 Å². The van der Waals surface area contributed by atoms with Crippen LogP contribution in [0, 0.1) is 5.82 Å². The van der Waals surface area contributed by atoms with Crippen molar-refractivity contribution in [1.29, 1.82) is 0 Å². The summed E-state index contributed by atoms with van der Waals surface area (Å²) in [5.41, 5.74) is 3.29. The van der Waals surface area contributed by atoms with Crippen LogP contribution in [0.3, 0.4) is 0 Å². The summed E-state index contributed by atoms with van der Waals surface area (Å²) < 4.78 is 13.9. The smallest absolute Gasteiger partial charge is 0.137 e. The molecule has 0 atom stereocenters. The summed E-state index contributed by atoms with van der Waals surface area (Å²) in [5.74, 6) is 0.280. The SMILES string of the molecule is CC(C)c1cccc(NCc2ccc(Br)c(F)c2)c1. The van der Waals surface area contributed by atoms with Crippen LogP contribution in [-0.4, -0.2) is 0 Å². The number of halogens is 2. The summed E-state index contributed by atoms with van der Waals surface area (Å²) in [5, 5.41) is 3.32. The minimum absolute atomic E-state index is 0.227. The summed E-state index contributed by atoms with van der Waals surface area (Å²) in [6.45, 7) is 4.96. The largest absolute Gasteiger partial charge is 0.381 e. The van der Waals surface area contributed by atoms with E-state index in [1.54, 1.807) is 12.1 Å². The molecular formula is C16H17BrFN. The molecule has 0 saturated carbocycles. The molecule has 2 aromatic carbocycles. The van der Waals surface area contributed by atoms with Crippen LogP contribution in [0.2, 0.25) is 0 Å². The minimum atomic E-state index is -0.227. The van der Waals surface area contributed by atoms with E-state index in [-0.39, 0.29) is 5.82 Å². The zero-order chi connectivity index (χ0) is 13.8. The first kappa shape index (κ1) is 14.1. The third kappa shape index (κ3) is 3.80. The van der Waals surface area contributed by atoms with Gasteiger partial charge in [0.1, 0.15) is 5.82 Å². The molecule has 0 heterocycles. The van der Waals surface area contributed by atoms with Crippen molar-refractivity contribution in [2.24, 2.45) is 0 Å². The zero-order valence-electron chi connectivity index (χ0n) is 11.1. The number of anilines is 1. The number of hydrogen-bond donors (Lipinski definition) is 1. The summed E-state index contributed by atoms with van der Waals surface area (Å²) in [6, 6.07) is 13.5. The van der Waals surface area contributed by atoms with Crippen molar-refractivity contribution >= 4 is 21.6 Å². The standard InChI is InChI=1S/C16H17BrFN/c1-11(2)13-4-3-5-14(9-13)19-10-12-6-7-15(17)16(18)8-12/h3-9,11,19H,10H2,1-2H3. The van der Waals surface area contributed by atoms with Crippen molar-refractivity contribution in [3.8, 4) is 0 Å². The molecule has 0 unspecified atom stereocenters. The van der Waals surface area contributed by atoms with Gasteiger partial charge < -0.3 is 5.32 Å². The first-order chi connectivity index (χ1) is 9.06. The highest BCUT2D eigenvalue weighted by atomic mass is 79.9. The highest BCUT2D eigenvalue weighted by Gasteiger charge is 2.02. The third-order valence-corrected chi connectivity index (χ3v) is 3.68. The monoisotopic (exact) mass is 321 g/mol. The average Bonchev–Trinajstić information content (AvgIpc) is 2.40. The van der Waals surface area contributed by atoms with Gasteiger partial charge >= 0.3 is 0 Å². The molecule has 0 aliphatic carbocycles. The molecule has 0 radical (unpaired) electrons. The molecule has 0 aromatic heterocycles. The van der Waals surface area contributed by atoms with Crippen molar-refractivity contribution in [2.75, 3.05) is 5.32 Å². The first-order valence-electron chi connectivity index (χ1n) is 6.34. The van der Waals surface area contributed by atoms with E-state index in [1.165, 1.54) is 5.56 Å². The van der Waals surface area contributed by atoms with E-state index in [2.05, 4.69) is 47.2 Å². The molecule has 0 bridgehead atoms. The van der Waals surface area contributed by atoms with Gasteiger partial charge in [-0.15, -0.1) is 0 Å². The van der Waals surface area contributed by atoms with E-state index >= 15 is 0 Å². The normalized spacial score (nSPS) is 10.8. The van der Waals surface area contributed by atoms with Crippen LogP contribution in [0.15, 0.2) is 46.9 Å². The number of hydrogen-bond acceptors (Lipinski definition) is 1. The molecule has 0 aliphatic heterocycles. The summed E-state index contributed by atoms with van der Waals surface area (Å²) in [6.07, 6.45) is 0. The van der Waals surface area contributed by atoms with E-state index in [1.807, 2.05) is 18.2 Å². The molecular weight excluding hydrogens is 305 g/mol. The van der Waals surface area contributed by atoms with Gasteiger partial charge in [-0.25, -0.2) is 4.39 Å². The van der Waals surface area contributed by atoms with E-state index in [4.69, 9.17) is 0 Å². The van der Waals surface area contributed by atoms with Crippen LogP contribution in [0.25, 0.3) is 0 Å². The Kier molecular flexibility index (Phi) is 4.59. The number of benzene rings is 2. The van der Waals surface area contributed by atoms with Gasteiger partial charge in [0.2, 0.25) is 0 Å². The van der Waals surface area contributed by atoms with E-state index in [0.29, 0.717) is 16.9 Å². The second kappa shape index (κ2) is 6.20. The highest BCUT2D eigenvalue weighted by molar-refractivity contribution is 9.10. The maximum Gasteiger partial charge on any atom is 0.137 e. The van der Waals surface area contributed by atoms with Crippen LogP contribution in [0.5, 0.6) is 0 Å². The molecule has 19 heavy (non-hydrogen) atoms. The second-order valence-corrected chi connectivity index (χ2v) is 5.74. The fourth-order valence-electron chi connectivity index (χ4n) is 1.86. The Labute approximate surface area is 122 Å². The predicted octanol–water partition coefficient (Wildman–Crippen LogP) is 5.32. The van der Waals surface area contributed by atoms with Gasteiger partial charge in [-0.2, -0.15) is 0 Å². The van der Waals surface area contributed by atoms with Crippen LogP contribution < -0.4 is 5.32 Å². The fourth-order valence-corrected chi connectivity index (χ4v) is 2.11. The van der Waals surface area contributed by atoms with Crippen LogP contribution in [-0.2, 0) is 6.54 Å². The van der Waals surface area contributed by atoms with Crippen LogP contribution >= 0.6 is 15.9 Å². The van der Waals surface area contributed by atoms with E-state index in [9.17, 15) is 4.39 Å². The molecule has 0 fully saturated rings. The topological polar surface area (TPSA) is 12.0 Å². The van der Waals surface area contributed by atoms with Crippen molar-refractivity contribution in [3.63, 3.8) is 0 Å². The van der Waals surface area contributed by atoms with Crippen molar-refractivity contribution in [3.05, 3.63) is 63.9 Å². The lowest BCUT2D eigenvalue weighted by atomic mass is 10.0. The van der Waals surface area contributed by atoms with E-state index < -0.39 is 0 Å². The van der Waals surface area contributed by atoms with Crippen molar-refractivity contribution in [1.82, 2.24) is 0 Å². The van der Waals surface area contributed by atoms with Crippen molar-refractivity contribution in [2.45, 2.75) is 26.3 Å². The van der Waals surface area contributed by atoms with Gasteiger partial charge in [0, 0.05) is 12.2 Å². The maximum atomic E-state index is 13.4. The van der Waals surface area contributed by atoms with Gasteiger partial charge in [0.05, 0.1) is 4.47 Å². The molecule has 0 aliphatic rings. The van der Waals surface area contributed by atoms with Gasteiger partial charge in [-0.05, 0) is 57.2 Å². The Balaban J connectivity index is 2.05.